The van der Waals surface area contributed by atoms with Crippen LogP contribution in [0.1, 0.15) is 29.8 Å². The molecule has 26 heavy (non-hydrogen) atoms. The Kier molecular flexibility index (Phi) is 4.71. The van der Waals surface area contributed by atoms with Gasteiger partial charge in [-0.2, -0.15) is 5.10 Å². The van der Waals surface area contributed by atoms with Crippen LogP contribution in [0.5, 0.6) is 0 Å². The molecule has 0 saturated heterocycles. The van der Waals surface area contributed by atoms with Gasteiger partial charge in [0.15, 0.2) is 0 Å². The Labute approximate surface area is 152 Å². The van der Waals surface area contributed by atoms with Crippen molar-refractivity contribution in [2.45, 2.75) is 44.8 Å². The number of benzene rings is 1. The quantitative estimate of drug-likeness (QED) is 0.765. The van der Waals surface area contributed by atoms with Gasteiger partial charge in [0.05, 0.1) is 11.4 Å². The van der Waals surface area contributed by atoms with Crippen LogP contribution in [0.3, 0.4) is 0 Å². The molecule has 2 aliphatic heterocycles. The van der Waals surface area contributed by atoms with E-state index in [4.69, 9.17) is 0 Å². The number of nitrogens with zero attached hydrogens (tertiary/aromatic N) is 2. The first-order chi connectivity index (χ1) is 12.7. The number of nitrogens with one attached hydrogen (secondary N) is 3. The van der Waals surface area contributed by atoms with E-state index in [1.165, 1.54) is 5.69 Å². The van der Waals surface area contributed by atoms with E-state index in [0.29, 0.717) is 19.3 Å². The summed E-state index contributed by atoms with van der Waals surface area (Å²) in [5.41, 5.74) is 3.97. The molecule has 0 fully saturated rings. The third-order valence-corrected chi connectivity index (χ3v) is 4.90. The molecule has 0 radical (unpaired) electrons. The van der Waals surface area contributed by atoms with Gasteiger partial charge in [0.25, 0.3) is 0 Å². The van der Waals surface area contributed by atoms with Gasteiger partial charge >= 0.3 is 0 Å². The number of carbonyl (C=O) groups is 2. The molecule has 0 bridgehead atoms. The third kappa shape index (κ3) is 3.62. The number of para-hydroxylation sites is 1. The fraction of sp³-hybridized carbons (Fsp3) is 0.421. The minimum absolute atomic E-state index is 0.120. The van der Waals surface area contributed by atoms with Crippen molar-refractivity contribution in [3.63, 3.8) is 0 Å². The highest BCUT2D eigenvalue weighted by Gasteiger charge is 2.27. The Morgan fingerprint density at radius 3 is 3.15 bits per heavy atom. The Balaban J connectivity index is 1.32. The standard InChI is InChI=1S/C19H23N5O2/c25-18(7-6-14-11-15-12-20-8-3-9-24(15)23-14)21-17-10-13-4-1-2-5-16(13)22-19(17)26/h1-2,4-5,11,17,20H,3,6-10,12H2,(H,21,25)(H,22,26)/t17-/m0/s1. The van der Waals surface area contributed by atoms with Crippen molar-refractivity contribution in [3.05, 3.63) is 47.3 Å². The highest BCUT2D eigenvalue weighted by atomic mass is 16.2. The monoisotopic (exact) mass is 353 g/mol. The molecular formula is C19H23N5O2. The van der Waals surface area contributed by atoms with Crippen molar-refractivity contribution >= 4 is 17.5 Å². The molecule has 0 spiro atoms. The molecule has 136 valence electrons. The Morgan fingerprint density at radius 2 is 2.23 bits per heavy atom. The Morgan fingerprint density at radius 1 is 1.35 bits per heavy atom. The molecule has 0 aliphatic carbocycles. The van der Waals surface area contributed by atoms with E-state index in [1.807, 2.05) is 28.9 Å². The number of amides is 2. The van der Waals surface area contributed by atoms with Crippen LogP contribution in [-0.2, 0) is 35.5 Å². The Hall–Kier alpha value is -2.67. The lowest BCUT2D eigenvalue weighted by atomic mass is 9.99. The van der Waals surface area contributed by atoms with Crippen LogP contribution in [0.25, 0.3) is 0 Å². The summed E-state index contributed by atoms with van der Waals surface area (Å²) in [6, 6.07) is 9.23. The normalized spacial score (nSPS) is 19.1. The second-order valence-electron chi connectivity index (χ2n) is 6.85. The topological polar surface area (TPSA) is 88.1 Å². The van der Waals surface area contributed by atoms with Crippen molar-refractivity contribution in [1.29, 1.82) is 0 Å². The molecule has 3 heterocycles. The van der Waals surface area contributed by atoms with Crippen molar-refractivity contribution in [3.8, 4) is 0 Å². The fourth-order valence-corrected chi connectivity index (χ4v) is 3.52. The number of fused-ring (bicyclic) bond motifs is 2. The van der Waals surface area contributed by atoms with E-state index >= 15 is 0 Å². The first-order valence-corrected chi connectivity index (χ1v) is 9.13. The summed E-state index contributed by atoms with van der Waals surface area (Å²) in [4.78, 5) is 24.5. The zero-order chi connectivity index (χ0) is 17.9. The summed E-state index contributed by atoms with van der Waals surface area (Å²) in [7, 11) is 0. The van der Waals surface area contributed by atoms with Gasteiger partial charge < -0.3 is 16.0 Å². The SMILES string of the molecule is O=C(CCc1cc2n(n1)CCCNC2)N[C@H]1Cc2ccccc2NC1=O. The highest BCUT2D eigenvalue weighted by molar-refractivity contribution is 6.00. The maximum atomic E-state index is 12.3. The number of aryl methyl sites for hydroxylation is 2. The molecular weight excluding hydrogens is 330 g/mol. The van der Waals surface area contributed by atoms with Gasteiger partial charge in [0.1, 0.15) is 6.04 Å². The van der Waals surface area contributed by atoms with Crippen molar-refractivity contribution in [2.24, 2.45) is 0 Å². The second-order valence-corrected chi connectivity index (χ2v) is 6.85. The van der Waals surface area contributed by atoms with Crippen LogP contribution in [0.2, 0.25) is 0 Å². The third-order valence-electron chi connectivity index (χ3n) is 4.90. The number of hydrogen-bond acceptors (Lipinski definition) is 4. The minimum Gasteiger partial charge on any atom is -0.344 e. The molecule has 2 aromatic rings. The summed E-state index contributed by atoms with van der Waals surface area (Å²) in [6.07, 6.45) is 2.50. The lowest BCUT2D eigenvalue weighted by Gasteiger charge is -2.25. The average Bonchev–Trinajstić information content (AvgIpc) is 2.90. The average molecular weight is 353 g/mol. The molecule has 2 amide bonds. The lowest BCUT2D eigenvalue weighted by Crippen LogP contribution is -2.47. The van der Waals surface area contributed by atoms with Gasteiger partial charge in [-0.3, -0.25) is 14.3 Å². The van der Waals surface area contributed by atoms with Gasteiger partial charge in [-0.25, -0.2) is 0 Å². The largest absolute Gasteiger partial charge is 0.344 e. The zero-order valence-corrected chi connectivity index (χ0v) is 14.6. The van der Waals surface area contributed by atoms with Crippen LogP contribution >= 0.6 is 0 Å². The molecule has 7 heteroatoms. The Bertz CT molecular complexity index is 806. The van der Waals surface area contributed by atoms with Crippen molar-refractivity contribution in [2.75, 3.05) is 11.9 Å². The van der Waals surface area contributed by atoms with Crippen LogP contribution in [-0.4, -0.2) is 34.2 Å². The predicted octanol–water partition coefficient (Wildman–Crippen LogP) is 0.989. The first-order valence-electron chi connectivity index (χ1n) is 9.13. The van der Waals surface area contributed by atoms with Crippen molar-refractivity contribution < 1.29 is 9.59 Å². The number of rotatable bonds is 4. The molecule has 7 nitrogen and oxygen atoms in total. The maximum absolute atomic E-state index is 12.3. The van der Waals surface area contributed by atoms with Gasteiger partial charge in [-0.05, 0) is 30.7 Å². The molecule has 0 unspecified atom stereocenters. The summed E-state index contributed by atoms with van der Waals surface area (Å²) >= 11 is 0. The molecule has 3 N–H and O–H groups in total. The molecule has 0 saturated carbocycles. The van der Waals surface area contributed by atoms with Gasteiger partial charge in [0.2, 0.25) is 11.8 Å². The number of aromatic nitrogens is 2. The summed E-state index contributed by atoms with van der Waals surface area (Å²) in [5.74, 6) is -0.275. The minimum atomic E-state index is -0.514. The molecule has 2 aliphatic rings. The highest BCUT2D eigenvalue weighted by Crippen LogP contribution is 2.22. The van der Waals surface area contributed by atoms with Crippen LogP contribution in [0.15, 0.2) is 30.3 Å². The van der Waals surface area contributed by atoms with Gasteiger partial charge in [-0.1, -0.05) is 18.2 Å². The predicted molar refractivity (Wildman–Crippen MR) is 97.6 cm³/mol. The van der Waals surface area contributed by atoms with E-state index in [1.54, 1.807) is 0 Å². The second kappa shape index (κ2) is 7.29. The molecule has 4 rings (SSSR count). The summed E-state index contributed by atoms with van der Waals surface area (Å²) in [6.45, 7) is 2.74. The van der Waals surface area contributed by atoms with Gasteiger partial charge in [-0.15, -0.1) is 0 Å². The number of anilines is 1. The first kappa shape index (κ1) is 16.8. The number of hydrogen-bond donors (Lipinski definition) is 3. The van der Waals surface area contributed by atoms with E-state index in [2.05, 4.69) is 27.1 Å². The fourth-order valence-electron chi connectivity index (χ4n) is 3.52. The van der Waals surface area contributed by atoms with Crippen LogP contribution in [0.4, 0.5) is 5.69 Å². The molecule has 1 aromatic carbocycles. The van der Waals surface area contributed by atoms with E-state index in [0.717, 1.165) is 43.0 Å². The van der Waals surface area contributed by atoms with Crippen LogP contribution < -0.4 is 16.0 Å². The maximum Gasteiger partial charge on any atom is 0.247 e. The summed E-state index contributed by atoms with van der Waals surface area (Å²) < 4.78 is 2.03. The van der Waals surface area contributed by atoms with Gasteiger partial charge in [0, 0.05) is 38.0 Å². The van der Waals surface area contributed by atoms with Crippen LogP contribution in [0, 0.1) is 0 Å². The van der Waals surface area contributed by atoms with E-state index in [-0.39, 0.29) is 11.8 Å². The zero-order valence-electron chi connectivity index (χ0n) is 14.6. The smallest absolute Gasteiger partial charge is 0.247 e. The van der Waals surface area contributed by atoms with E-state index in [9.17, 15) is 9.59 Å². The van der Waals surface area contributed by atoms with E-state index < -0.39 is 6.04 Å². The lowest BCUT2D eigenvalue weighted by molar-refractivity contribution is -0.126. The molecule has 1 aromatic heterocycles. The summed E-state index contributed by atoms with van der Waals surface area (Å²) in [5, 5.41) is 13.7. The molecule has 1 atom stereocenters. The van der Waals surface area contributed by atoms with Crippen molar-refractivity contribution in [1.82, 2.24) is 20.4 Å². The number of carbonyl (C=O) groups excluding carboxylic acids is 2.